The van der Waals surface area contributed by atoms with Crippen molar-refractivity contribution in [3.63, 3.8) is 0 Å². The Kier molecular flexibility index (Phi) is 5.98. The zero-order valence-electron chi connectivity index (χ0n) is 12.0. The predicted molar refractivity (Wildman–Crippen MR) is 94.5 cm³/mol. The first kappa shape index (κ1) is 15.3. The molecule has 0 aliphatic heterocycles. The van der Waals surface area contributed by atoms with Crippen molar-refractivity contribution in [2.45, 2.75) is 18.9 Å². The van der Waals surface area contributed by atoms with E-state index in [4.69, 9.17) is 12.2 Å². The maximum atomic E-state index is 5.39. The maximum Gasteiger partial charge on any atom is 0.171 e. The summed E-state index contributed by atoms with van der Waals surface area (Å²) >= 11 is 5.39. The molecule has 0 aliphatic carbocycles. The fourth-order valence-electron chi connectivity index (χ4n) is 2.17. The highest BCUT2D eigenvalue weighted by Crippen LogP contribution is 2.08. The zero-order chi connectivity index (χ0) is 14.9. The summed E-state index contributed by atoms with van der Waals surface area (Å²) in [5.74, 6) is 0. The lowest BCUT2D eigenvalue weighted by molar-refractivity contribution is 0.615. The minimum atomic E-state index is 0.244. The van der Waals surface area contributed by atoms with E-state index in [1.165, 1.54) is 5.56 Å². The fraction of sp³-hybridized carbons (Fsp3) is 0.167. The fourth-order valence-corrected chi connectivity index (χ4v) is 2.45. The monoisotopic (exact) mass is 296 g/mol. The molecule has 2 nitrogen and oxygen atoms in total. The van der Waals surface area contributed by atoms with Gasteiger partial charge in [0.05, 0.1) is 0 Å². The Hall–Kier alpha value is -2.13. The molecule has 0 radical (unpaired) electrons. The van der Waals surface area contributed by atoms with Crippen LogP contribution in [0.25, 0.3) is 0 Å². The van der Waals surface area contributed by atoms with Gasteiger partial charge >= 0.3 is 0 Å². The van der Waals surface area contributed by atoms with E-state index in [0.717, 1.165) is 18.5 Å². The largest absolute Gasteiger partial charge is 0.359 e. The molecule has 0 bridgehead atoms. The Bertz CT molecular complexity index is 566. The van der Waals surface area contributed by atoms with E-state index < -0.39 is 0 Å². The lowest BCUT2D eigenvalue weighted by atomic mass is 10.0. The molecule has 0 heterocycles. The van der Waals surface area contributed by atoms with Crippen LogP contribution >= 0.6 is 12.2 Å². The maximum absolute atomic E-state index is 5.39. The molecule has 0 saturated carbocycles. The van der Waals surface area contributed by atoms with E-state index >= 15 is 0 Å². The molecular weight excluding hydrogens is 276 g/mol. The van der Waals surface area contributed by atoms with Crippen LogP contribution in [0.15, 0.2) is 73.3 Å². The third-order valence-electron chi connectivity index (χ3n) is 3.14. The molecule has 2 N–H and O–H groups in total. The Morgan fingerprint density at radius 1 is 1.05 bits per heavy atom. The van der Waals surface area contributed by atoms with Gasteiger partial charge in [0.25, 0.3) is 0 Å². The lowest BCUT2D eigenvalue weighted by Crippen LogP contribution is -2.38. The number of thiocarbonyl (C=S) groups is 1. The van der Waals surface area contributed by atoms with Gasteiger partial charge in [0, 0.05) is 11.7 Å². The first-order valence-electron chi connectivity index (χ1n) is 7.05. The summed E-state index contributed by atoms with van der Waals surface area (Å²) in [7, 11) is 0. The SMILES string of the molecule is C=CC[C@H](Cc1ccccc1)NC(=S)Nc1ccccc1. The summed E-state index contributed by atoms with van der Waals surface area (Å²) in [6.07, 6.45) is 3.71. The average Bonchev–Trinajstić information content (AvgIpc) is 2.49. The standard InChI is InChI=1S/C18H20N2S/c1-2-9-17(14-15-10-5-3-6-11-15)20-18(21)19-16-12-7-4-8-13-16/h2-8,10-13,17H,1,9,14H2,(H2,19,20,21)/t17-/m1/s1. The van der Waals surface area contributed by atoms with Gasteiger partial charge in [-0.05, 0) is 42.8 Å². The van der Waals surface area contributed by atoms with Crippen LogP contribution in [0.4, 0.5) is 5.69 Å². The first-order valence-corrected chi connectivity index (χ1v) is 7.46. The van der Waals surface area contributed by atoms with Crippen LogP contribution in [0.1, 0.15) is 12.0 Å². The number of benzene rings is 2. The summed E-state index contributed by atoms with van der Waals surface area (Å²) in [4.78, 5) is 0. The van der Waals surface area contributed by atoms with E-state index in [-0.39, 0.29) is 6.04 Å². The highest BCUT2D eigenvalue weighted by atomic mass is 32.1. The average molecular weight is 296 g/mol. The number of hydrogen-bond acceptors (Lipinski definition) is 1. The third-order valence-corrected chi connectivity index (χ3v) is 3.36. The molecule has 0 amide bonds. The molecule has 3 heteroatoms. The Labute approximate surface area is 131 Å². The molecule has 0 saturated heterocycles. The topological polar surface area (TPSA) is 24.1 Å². The zero-order valence-corrected chi connectivity index (χ0v) is 12.8. The molecule has 2 rings (SSSR count). The van der Waals surface area contributed by atoms with Gasteiger partial charge in [-0.15, -0.1) is 6.58 Å². The summed E-state index contributed by atoms with van der Waals surface area (Å²) in [5.41, 5.74) is 2.28. The van der Waals surface area contributed by atoms with E-state index in [1.54, 1.807) is 0 Å². The van der Waals surface area contributed by atoms with Crippen molar-refractivity contribution in [2.24, 2.45) is 0 Å². The molecule has 2 aromatic carbocycles. The molecule has 0 spiro atoms. The van der Waals surface area contributed by atoms with Crippen molar-refractivity contribution in [3.05, 3.63) is 78.9 Å². The van der Waals surface area contributed by atoms with Crippen LogP contribution in [-0.4, -0.2) is 11.2 Å². The van der Waals surface area contributed by atoms with Gasteiger partial charge in [0.2, 0.25) is 0 Å². The van der Waals surface area contributed by atoms with Crippen LogP contribution in [-0.2, 0) is 6.42 Å². The third kappa shape index (κ3) is 5.40. The predicted octanol–water partition coefficient (Wildman–Crippen LogP) is 4.16. The number of rotatable bonds is 6. The molecule has 1 atom stereocenters. The van der Waals surface area contributed by atoms with Crippen molar-refractivity contribution in [2.75, 3.05) is 5.32 Å². The second-order valence-electron chi connectivity index (χ2n) is 4.88. The van der Waals surface area contributed by atoms with E-state index in [2.05, 4.69) is 41.5 Å². The van der Waals surface area contributed by atoms with Gasteiger partial charge in [-0.1, -0.05) is 54.6 Å². The molecule has 0 aromatic heterocycles. The normalized spacial score (nSPS) is 11.4. The highest BCUT2D eigenvalue weighted by molar-refractivity contribution is 7.80. The Balaban J connectivity index is 1.93. The van der Waals surface area contributed by atoms with Crippen LogP contribution in [0.3, 0.4) is 0 Å². The van der Waals surface area contributed by atoms with E-state index in [1.807, 2.05) is 42.5 Å². The Morgan fingerprint density at radius 3 is 2.29 bits per heavy atom. The second-order valence-corrected chi connectivity index (χ2v) is 5.28. The van der Waals surface area contributed by atoms with E-state index in [9.17, 15) is 0 Å². The number of nitrogens with one attached hydrogen (secondary N) is 2. The number of anilines is 1. The number of hydrogen-bond donors (Lipinski definition) is 2. The minimum absolute atomic E-state index is 0.244. The first-order chi connectivity index (χ1) is 10.3. The summed E-state index contributed by atoms with van der Waals surface area (Å²) in [6, 6.07) is 20.6. The minimum Gasteiger partial charge on any atom is -0.359 e. The van der Waals surface area contributed by atoms with Gasteiger partial charge in [-0.25, -0.2) is 0 Å². The van der Waals surface area contributed by atoms with E-state index in [0.29, 0.717) is 5.11 Å². The summed E-state index contributed by atoms with van der Waals surface area (Å²) in [6.45, 7) is 3.83. The highest BCUT2D eigenvalue weighted by Gasteiger charge is 2.09. The van der Waals surface area contributed by atoms with Crippen LogP contribution in [0, 0.1) is 0 Å². The van der Waals surface area contributed by atoms with Gasteiger partial charge in [-0.2, -0.15) is 0 Å². The van der Waals surface area contributed by atoms with Crippen molar-refractivity contribution >= 4 is 23.0 Å². The van der Waals surface area contributed by atoms with Crippen LogP contribution in [0.2, 0.25) is 0 Å². The Morgan fingerprint density at radius 2 is 1.67 bits per heavy atom. The molecule has 2 aromatic rings. The molecular formula is C18H20N2S. The summed E-state index contributed by atoms with van der Waals surface area (Å²) < 4.78 is 0. The van der Waals surface area contributed by atoms with Gasteiger partial charge in [-0.3, -0.25) is 0 Å². The van der Waals surface area contributed by atoms with Crippen molar-refractivity contribution in [1.82, 2.24) is 5.32 Å². The molecule has 108 valence electrons. The van der Waals surface area contributed by atoms with Gasteiger partial charge in [0.1, 0.15) is 0 Å². The van der Waals surface area contributed by atoms with Crippen molar-refractivity contribution < 1.29 is 0 Å². The van der Waals surface area contributed by atoms with Crippen molar-refractivity contribution in [3.8, 4) is 0 Å². The lowest BCUT2D eigenvalue weighted by Gasteiger charge is -2.20. The summed E-state index contributed by atoms with van der Waals surface area (Å²) in [5, 5.41) is 7.21. The second kappa shape index (κ2) is 8.22. The molecule has 0 fully saturated rings. The number of para-hydroxylation sites is 1. The van der Waals surface area contributed by atoms with Crippen LogP contribution < -0.4 is 10.6 Å². The smallest absolute Gasteiger partial charge is 0.171 e. The van der Waals surface area contributed by atoms with Gasteiger partial charge < -0.3 is 10.6 Å². The molecule has 21 heavy (non-hydrogen) atoms. The molecule has 0 unspecified atom stereocenters. The molecule has 0 aliphatic rings. The quantitative estimate of drug-likeness (QED) is 0.618. The van der Waals surface area contributed by atoms with Crippen LogP contribution in [0.5, 0.6) is 0 Å². The van der Waals surface area contributed by atoms with Gasteiger partial charge in [0.15, 0.2) is 5.11 Å². The van der Waals surface area contributed by atoms with Crippen molar-refractivity contribution in [1.29, 1.82) is 0 Å².